The molecule has 0 atom stereocenters. The van der Waals surface area contributed by atoms with Gasteiger partial charge in [-0.05, 0) is 18.6 Å². The largest absolute Gasteiger partial charge is 0.496 e. The highest BCUT2D eigenvalue weighted by Crippen LogP contribution is 2.18. The van der Waals surface area contributed by atoms with Crippen LogP contribution >= 0.6 is 0 Å². The highest BCUT2D eigenvalue weighted by molar-refractivity contribution is 5.69. The van der Waals surface area contributed by atoms with Crippen molar-refractivity contribution in [3.8, 4) is 5.75 Å². The van der Waals surface area contributed by atoms with Crippen molar-refractivity contribution in [2.24, 2.45) is 0 Å². The molecule has 0 radical (unpaired) electrons. The quantitative estimate of drug-likeness (QED) is 0.601. The molecule has 0 spiro atoms. The van der Waals surface area contributed by atoms with Gasteiger partial charge < -0.3 is 9.47 Å². The van der Waals surface area contributed by atoms with Crippen LogP contribution < -0.4 is 4.74 Å². The Kier molecular flexibility index (Phi) is 8.43. The molecule has 0 aliphatic rings. The molecule has 0 saturated heterocycles. The van der Waals surface area contributed by atoms with Crippen molar-refractivity contribution in [1.29, 1.82) is 0 Å². The van der Waals surface area contributed by atoms with Gasteiger partial charge in [0.25, 0.3) is 0 Å². The molecule has 0 aliphatic heterocycles. The summed E-state index contributed by atoms with van der Waals surface area (Å²) in [5.74, 6) is 0.698. The lowest BCUT2D eigenvalue weighted by atomic mass is 10.1. The van der Waals surface area contributed by atoms with Crippen LogP contribution in [0.3, 0.4) is 0 Å². The maximum absolute atomic E-state index is 11.7. The van der Waals surface area contributed by atoms with E-state index in [0.717, 1.165) is 24.4 Å². The van der Waals surface area contributed by atoms with E-state index < -0.39 is 0 Å². The zero-order valence-corrected chi connectivity index (χ0v) is 15.6. The van der Waals surface area contributed by atoms with Crippen LogP contribution in [0.25, 0.3) is 6.08 Å². The Balaban J connectivity index is 2.00. The summed E-state index contributed by atoms with van der Waals surface area (Å²) >= 11 is 0. The third-order valence-electron chi connectivity index (χ3n) is 3.99. The van der Waals surface area contributed by atoms with Crippen molar-refractivity contribution in [2.45, 2.75) is 19.9 Å². The van der Waals surface area contributed by atoms with Crippen LogP contribution in [0.4, 0.5) is 0 Å². The summed E-state index contributed by atoms with van der Waals surface area (Å²) in [5.41, 5.74) is 2.27. The van der Waals surface area contributed by atoms with Gasteiger partial charge in [0.05, 0.1) is 20.1 Å². The van der Waals surface area contributed by atoms with Crippen LogP contribution in [-0.2, 0) is 16.1 Å². The van der Waals surface area contributed by atoms with Crippen molar-refractivity contribution >= 4 is 12.0 Å². The molecule has 4 nitrogen and oxygen atoms in total. The van der Waals surface area contributed by atoms with E-state index >= 15 is 0 Å². The number of carbonyl (C=O) groups excluding carboxylic acids is 1. The fourth-order valence-corrected chi connectivity index (χ4v) is 2.69. The molecule has 0 bridgehead atoms. The van der Waals surface area contributed by atoms with Crippen LogP contribution in [0.15, 0.2) is 60.7 Å². The van der Waals surface area contributed by atoms with Crippen LogP contribution in [0.5, 0.6) is 5.75 Å². The number of hydrogen-bond donors (Lipinski definition) is 0. The van der Waals surface area contributed by atoms with Gasteiger partial charge in [-0.25, -0.2) is 0 Å². The average molecular weight is 353 g/mol. The molecule has 0 N–H and O–H groups in total. The monoisotopic (exact) mass is 353 g/mol. The van der Waals surface area contributed by atoms with Gasteiger partial charge in [-0.1, -0.05) is 60.7 Å². The first-order valence-corrected chi connectivity index (χ1v) is 8.94. The number of nitrogens with zero attached hydrogens (tertiary/aromatic N) is 1. The third-order valence-corrected chi connectivity index (χ3v) is 3.99. The van der Waals surface area contributed by atoms with Gasteiger partial charge >= 0.3 is 5.97 Å². The topological polar surface area (TPSA) is 38.8 Å². The Morgan fingerprint density at radius 2 is 1.81 bits per heavy atom. The second-order valence-electron chi connectivity index (χ2n) is 5.92. The van der Waals surface area contributed by atoms with Crippen molar-refractivity contribution in [3.05, 3.63) is 71.8 Å². The highest BCUT2D eigenvalue weighted by atomic mass is 16.5. The van der Waals surface area contributed by atoms with Crippen molar-refractivity contribution in [1.82, 2.24) is 4.90 Å². The lowest BCUT2D eigenvalue weighted by molar-refractivity contribution is -0.143. The SMILES string of the molecule is CCOC(=O)CCN(C/C=C/c1ccccc1OC)Cc1ccccc1. The van der Waals surface area contributed by atoms with Gasteiger partial charge in [0, 0.05) is 25.2 Å². The molecule has 0 amide bonds. The van der Waals surface area contributed by atoms with E-state index in [9.17, 15) is 4.79 Å². The molecule has 0 saturated carbocycles. The van der Waals surface area contributed by atoms with E-state index in [1.54, 1.807) is 7.11 Å². The van der Waals surface area contributed by atoms with E-state index in [1.807, 2.05) is 49.4 Å². The molecule has 4 heteroatoms. The molecule has 26 heavy (non-hydrogen) atoms. The standard InChI is InChI=1S/C22H27NO3/c1-3-26-22(24)15-17-23(18-19-10-5-4-6-11-19)16-9-13-20-12-7-8-14-21(20)25-2/h4-14H,3,15-18H2,1-2H3/b13-9+. The van der Waals surface area contributed by atoms with Crippen molar-refractivity contribution < 1.29 is 14.3 Å². The van der Waals surface area contributed by atoms with Gasteiger partial charge in [-0.15, -0.1) is 0 Å². The number of hydrogen-bond acceptors (Lipinski definition) is 4. The predicted molar refractivity (Wildman–Crippen MR) is 105 cm³/mol. The first kappa shape index (κ1) is 19.7. The van der Waals surface area contributed by atoms with Crippen molar-refractivity contribution in [2.75, 3.05) is 26.8 Å². The van der Waals surface area contributed by atoms with Crippen molar-refractivity contribution in [3.63, 3.8) is 0 Å². The van der Waals surface area contributed by atoms with Crippen LogP contribution in [0.2, 0.25) is 0 Å². The van der Waals surface area contributed by atoms with Gasteiger partial charge in [0.2, 0.25) is 0 Å². The van der Waals surface area contributed by atoms with Gasteiger partial charge in [0.15, 0.2) is 0 Å². The molecule has 0 fully saturated rings. The fourth-order valence-electron chi connectivity index (χ4n) is 2.69. The number of esters is 1. The highest BCUT2D eigenvalue weighted by Gasteiger charge is 2.09. The number of methoxy groups -OCH3 is 1. The Morgan fingerprint density at radius 1 is 1.08 bits per heavy atom. The number of ether oxygens (including phenoxy) is 2. The zero-order valence-electron chi connectivity index (χ0n) is 15.6. The van der Waals surface area contributed by atoms with E-state index in [4.69, 9.17) is 9.47 Å². The molecule has 0 heterocycles. The lowest BCUT2D eigenvalue weighted by Gasteiger charge is -2.20. The van der Waals surface area contributed by atoms with Gasteiger partial charge in [-0.2, -0.15) is 0 Å². The lowest BCUT2D eigenvalue weighted by Crippen LogP contribution is -2.26. The molecular weight excluding hydrogens is 326 g/mol. The molecule has 138 valence electrons. The summed E-state index contributed by atoms with van der Waals surface area (Å²) < 4.78 is 10.4. The Bertz CT molecular complexity index is 698. The fraction of sp³-hybridized carbons (Fsp3) is 0.318. The molecule has 0 aromatic heterocycles. The summed E-state index contributed by atoms with van der Waals surface area (Å²) in [6.45, 7) is 4.44. The van der Waals surface area contributed by atoms with E-state index in [0.29, 0.717) is 19.6 Å². The van der Waals surface area contributed by atoms with Gasteiger partial charge in [-0.3, -0.25) is 9.69 Å². The minimum absolute atomic E-state index is 0.153. The zero-order chi connectivity index (χ0) is 18.6. The first-order valence-electron chi connectivity index (χ1n) is 8.94. The van der Waals surface area contributed by atoms with Gasteiger partial charge in [0.1, 0.15) is 5.75 Å². The number of rotatable bonds is 10. The average Bonchev–Trinajstić information content (AvgIpc) is 2.67. The molecule has 2 aromatic rings. The molecule has 2 rings (SSSR count). The Hall–Kier alpha value is -2.59. The molecule has 0 unspecified atom stereocenters. The van der Waals surface area contributed by atoms with E-state index in [1.165, 1.54) is 5.56 Å². The number of carbonyl (C=O) groups is 1. The first-order chi connectivity index (χ1) is 12.7. The maximum Gasteiger partial charge on any atom is 0.307 e. The van der Waals surface area contributed by atoms with Crippen LogP contribution in [-0.4, -0.2) is 37.7 Å². The second kappa shape index (κ2) is 11.1. The summed E-state index contributed by atoms with van der Waals surface area (Å²) in [4.78, 5) is 13.9. The smallest absolute Gasteiger partial charge is 0.307 e. The summed E-state index contributed by atoms with van der Waals surface area (Å²) in [6.07, 6.45) is 4.55. The second-order valence-corrected chi connectivity index (χ2v) is 5.92. The summed E-state index contributed by atoms with van der Waals surface area (Å²) in [7, 11) is 1.67. The van der Waals surface area contributed by atoms with E-state index in [2.05, 4.69) is 29.2 Å². The Labute approximate surface area is 156 Å². The maximum atomic E-state index is 11.7. The summed E-state index contributed by atoms with van der Waals surface area (Å²) in [5, 5.41) is 0. The molecular formula is C22H27NO3. The van der Waals surface area contributed by atoms with E-state index in [-0.39, 0.29) is 5.97 Å². The minimum Gasteiger partial charge on any atom is -0.496 e. The van der Waals surface area contributed by atoms with Crippen LogP contribution in [0.1, 0.15) is 24.5 Å². The predicted octanol–water partition coefficient (Wildman–Crippen LogP) is 4.16. The van der Waals surface area contributed by atoms with Crippen LogP contribution in [0, 0.1) is 0 Å². The normalized spacial score (nSPS) is 11.0. The summed E-state index contributed by atoms with van der Waals surface area (Å²) in [6, 6.07) is 18.2. The molecule has 2 aromatic carbocycles. The number of para-hydroxylation sites is 1. The Morgan fingerprint density at radius 3 is 2.54 bits per heavy atom. The third kappa shape index (κ3) is 6.73. The number of benzene rings is 2. The molecule has 0 aliphatic carbocycles. The minimum atomic E-state index is -0.153.